The standard InChI is InChI=1S/C32H49N5O7/c1-6-22(4)28(35-31(42)24(16-21(2)3)18-25(38)20-37-12-14-44-15-13-37)29(40)32(43)34-19-27(39)36(5)26(30(33)41)17-23-10-8-7-9-11-23/h7-11,21-22,24,26,28H,6,12-20H2,1-5H3,(H2,33,41)(H,34,43)(H,35,42). The molecule has 12 heteroatoms. The minimum Gasteiger partial charge on any atom is -0.379 e. The highest BCUT2D eigenvalue weighted by atomic mass is 16.5. The maximum absolute atomic E-state index is 13.4. The number of Topliss-reactive ketones (excluding diaryl/α,β-unsaturated/α-hetero) is 2. The molecule has 0 aliphatic carbocycles. The molecule has 1 aromatic carbocycles. The maximum Gasteiger partial charge on any atom is 0.290 e. The molecule has 1 fully saturated rings. The number of nitrogens with one attached hydrogen (secondary N) is 2. The predicted molar refractivity (Wildman–Crippen MR) is 165 cm³/mol. The number of ketones is 2. The van der Waals surface area contributed by atoms with Crippen LogP contribution in [0.2, 0.25) is 0 Å². The first-order chi connectivity index (χ1) is 20.8. The van der Waals surface area contributed by atoms with Crippen LogP contribution in [0, 0.1) is 17.8 Å². The number of rotatable bonds is 18. The Labute approximate surface area is 260 Å². The van der Waals surface area contributed by atoms with Crippen LogP contribution in [-0.4, -0.2) is 104 Å². The van der Waals surface area contributed by atoms with E-state index in [4.69, 9.17) is 10.5 Å². The van der Waals surface area contributed by atoms with Crippen molar-refractivity contribution in [3.05, 3.63) is 35.9 Å². The second-order valence-electron chi connectivity index (χ2n) is 12.0. The van der Waals surface area contributed by atoms with Crippen molar-refractivity contribution in [2.75, 3.05) is 46.4 Å². The van der Waals surface area contributed by atoms with E-state index in [2.05, 4.69) is 10.6 Å². The molecule has 0 radical (unpaired) electrons. The van der Waals surface area contributed by atoms with Gasteiger partial charge in [-0.1, -0.05) is 64.4 Å². The molecule has 4 amide bonds. The highest BCUT2D eigenvalue weighted by Crippen LogP contribution is 2.19. The molecule has 12 nitrogen and oxygen atoms in total. The summed E-state index contributed by atoms with van der Waals surface area (Å²) in [5, 5.41) is 5.08. The van der Waals surface area contributed by atoms with Gasteiger partial charge in [0.1, 0.15) is 11.8 Å². The van der Waals surface area contributed by atoms with Crippen LogP contribution in [0.4, 0.5) is 0 Å². The van der Waals surface area contributed by atoms with E-state index in [1.54, 1.807) is 6.92 Å². The molecule has 1 aliphatic heterocycles. The molecule has 0 spiro atoms. The number of primary amides is 1. The van der Waals surface area contributed by atoms with Crippen molar-refractivity contribution < 1.29 is 33.5 Å². The Morgan fingerprint density at radius 2 is 1.66 bits per heavy atom. The Bertz CT molecular complexity index is 1140. The number of nitrogens with two attached hydrogens (primary N) is 1. The lowest BCUT2D eigenvalue weighted by Crippen LogP contribution is -2.54. The third-order valence-corrected chi connectivity index (χ3v) is 7.98. The molecule has 0 saturated carbocycles. The first-order valence-electron chi connectivity index (χ1n) is 15.4. The summed E-state index contributed by atoms with van der Waals surface area (Å²) in [5.41, 5.74) is 6.36. The van der Waals surface area contributed by atoms with E-state index in [1.165, 1.54) is 7.05 Å². The molecule has 2 rings (SSSR count). The fourth-order valence-electron chi connectivity index (χ4n) is 5.12. The van der Waals surface area contributed by atoms with Crippen LogP contribution in [0.25, 0.3) is 0 Å². The van der Waals surface area contributed by atoms with Gasteiger partial charge in [0.2, 0.25) is 23.5 Å². The monoisotopic (exact) mass is 615 g/mol. The number of carbonyl (C=O) groups is 6. The zero-order chi connectivity index (χ0) is 32.8. The summed E-state index contributed by atoms with van der Waals surface area (Å²) in [7, 11) is 1.41. The van der Waals surface area contributed by atoms with Crippen molar-refractivity contribution in [2.24, 2.45) is 23.5 Å². The van der Waals surface area contributed by atoms with E-state index in [0.717, 1.165) is 10.5 Å². The van der Waals surface area contributed by atoms with Crippen molar-refractivity contribution >= 4 is 35.2 Å². The van der Waals surface area contributed by atoms with Gasteiger partial charge in [-0.3, -0.25) is 33.7 Å². The number of hydrogen-bond donors (Lipinski definition) is 3. The summed E-state index contributed by atoms with van der Waals surface area (Å²) in [6.45, 7) is 9.61. The number of likely N-dealkylation sites (N-methyl/N-ethyl adjacent to an activating group) is 1. The lowest BCUT2D eigenvalue weighted by molar-refractivity contribution is -0.143. The van der Waals surface area contributed by atoms with Crippen LogP contribution in [0.1, 0.15) is 52.5 Å². The van der Waals surface area contributed by atoms with Crippen LogP contribution in [0.5, 0.6) is 0 Å². The second-order valence-corrected chi connectivity index (χ2v) is 12.0. The van der Waals surface area contributed by atoms with Crippen molar-refractivity contribution in [1.29, 1.82) is 0 Å². The van der Waals surface area contributed by atoms with Gasteiger partial charge in [-0.15, -0.1) is 0 Å². The SMILES string of the molecule is CCC(C)C(NC(=O)C(CC(=O)CN1CCOCC1)CC(C)C)C(=O)C(=O)NCC(=O)N(C)C(Cc1ccccc1)C(N)=O. The normalized spacial score (nSPS) is 16.3. The van der Waals surface area contributed by atoms with Gasteiger partial charge in [0.05, 0.1) is 32.3 Å². The molecule has 4 N–H and O–H groups in total. The van der Waals surface area contributed by atoms with E-state index in [1.807, 2.05) is 56.0 Å². The smallest absolute Gasteiger partial charge is 0.290 e. The first kappa shape index (κ1) is 36.6. The molecule has 1 saturated heterocycles. The van der Waals surface area contributed by atoms with Crippen LogP contribution < -0.4 is 16.4 Å². The molecule has 244 valence electrons. The van der Waals surface area contributed by atoms with E-state index >= 15 is 0 Å². The number of carbonyl (C=O) groups excluding carboxylic acids is 6. The number of morpholine rings is 1. The second kappa shape index (κ2) is 18.2. The van der Waals surface area contributed by atoms with Gasteiger partial charge in [0, 0.05) is 38.9 Å². The average Bonchev–Trinajstić information content (AvgIpc) is 3.00. The van der Waals surface area contributed by atoms with Gasteiger partial charge >= 0.3 is 0 Å². The van der Waals surface area contributed by atoms with Crippen molar-refractivity contribution in [1.82, 2.24) is 20.4 Å². The van der Waals surface area contributed by atoms with E-state index in [0.29, 0.717) is 39.1 Å². The van der Waals surface area contributed by atoms with E-state index in [9.17, 15) is 28.8 Å². The van der Waals surface area contributed by atoms with Crippen LogP contribution in [0.15, 0.2) is 30.3 Å². The minimum absolute atomic E-state index is 0.0276. The van der Waals surface area contributed by atoms with Crippen molar-refractivity contribution in [3.8, 4) is 0 Å². The highest BCUT2D eigenvalue weighted by Gasteiger charge is 2.34. The van der Waals surface area contributed by atoms with Gasteiger partial charge < -0.3 is 26.0 Å². The lowest BCUT2D eigenvalue weighted by atomic mass is 9.89. The summed E-state index contributed by atoms with van der Waals surface area (Å²) in [5.74, 6) is -4.67. The molecule has 0 bridgehead atoms. The highest BCUT2D eigenvalue weighted by molar-refractivity contribution is 6.38. The topological polar surface area (TPSA) is 168 Å². The Hall–Kier alpha value is -3.64. The molecule has 1 heterocycles. The Morgan fingerprint density at radius 1 is 1.02 bits per heavy atom. The number of benzene rings is 1. The molecule has 4 unspecified atom stereocenters. The van der Waals surface area contributed by atoms with Crippen molar-refractivity contribution in [2.45, 2.75) is 65.5 Å². The van der Waals surface area contributed by atoms with Crippen molar-refractivity contribution in [3.63, 3.8) is 0 Å². The Kier molecular flexibility index (Phi) is 15.1. The van der Waals surface area contributed by atoms with Gasteiger partial charge in [-0.25, -0.2) is 0 Å². The summed E-state index contributed by atoms with van der Waals surface area (Å²) in [6.07, 6.45) is 1.16. The maximum atomic E-state index is 13.4. The fourth-order valence-corrected chi connectivity index (χ4v) is 5.12. The summed E-state index contributed by atoms with van der Waals surface area (Å²) in [4.78, 5) is 80.6. The van der Waals surface area contributed by atoms with Crippen LogP contribution in [0.3, 0.4) is 0 Å². The molecule has 4 atom stereocenters. The number of hydrogen-bond acceptors (Lipinski definition) is 8. The number of amides is 4. The quantitative estimate of drug-likeness (QED) is 0.203. The van der Waals surface area contributed by atoms with Gasteiger partial charge in [0.25, 0.3) is 5.91 Å². The summed E-state index contributed by atoms with van der Waals surface area (Å²) < 4.78 is 5.33. The van der Waals surface area contributed by atoms with Gasteiger partial charge in [-0.05, 0) is 23.8 Å². The third-order valence-electron chi connectivity index (χ3n) is 7.98. The fraction of sp³-hybridized carbons (Fsp3) is 0.625. The van der Waals surface area contributed by atoms with Gasteiger partial charge in [0.15, 0.2) is 0 Å². The minimum atomic E-state index is -1.14. The molecule has 0 aromatic heterocycles. The van der Waals surface area contributed by atoms with Gasteiger partial charge in [-0.2, -0.15) is 0 Å². The number of ether oxygens (including phenoxy) is 1. The zero-order valence-corrected chi connectivity index (χ0v) is 26.7. The molecule has 1 aromatic rings. The first-order valence-corrected chi connectivity index (χ1v) is 15.4. The Morgan fingerprint density at radius 3 is 2.23 bits per heavy atom. The predicted octanol–water partition coefficient (Wildman–Crippen LogP) is 0.711. The van der Waals surface area contributed by atoms with Crippen LogP contribution in [-0.2, 0) is 39.9 Å². The van der Waals surface area contributed by atoms with E-state index in [-0.39, 0.29) is 37.0 Å². The summed E-state index contributed by atoms with van der Waals surface area (Å²) in [6, 6.07) is 6.97. The van der Waals surface area contributed by atoms with Crippen LogP contribution >= 0.6 is 0 Å². The third kappa shape index (κ3) is 11.8. The molecular weight excluding hydrogens is 566 g/mol. The Balaban J connectivity index is 2.04. The summed E-state index contributed by atoms with van der Waals surface area (Å²) >= 11 is 0. The lowest BCUT2D eigenvalue weighted by Gasteiger charge is -2.28. The molecule has 44 heavy (non-hydrogen) atoms. The largest absolute Gasteiger partial charge is 0.379 e. The zero-order valence-electron chi connectivity index (χ0n) is 26.7. The molecular formula is C32H49N5O7. The average molecular weight is 616 g/mol. The number of nitrogens with zero attached hydrogens (tertiary/aromatic N) is 2. The van der Waals surface area contributed by atoms with E-state index < -0.39 is 54.0 Å². The molecule has 1 aliphatic rings.